The summed E-state index contributed by atoms with van der Waals surface area (Å²) in [7, 11) is 1.56. The van der Waals surface area contributed by atoms with E-state index >= 15 is 0 Å². The zero-order valence-corrected chi connectivity index (χ0v) is 19.5. The van der Waals surface area contributed by atoms with Crippen LogP contribution in [-0.2, 0) is 9.59 Å². The number of fused-ring (bicyclic) bond motifs is 1. The van der Waals surface area contributed by atoms with Crippen LogP contribution < -0.4 is 25.5 Å². The molecule has 4 rings (SSSR count). The topological polar surface area (TPSA) is 107 Å². The molecule has 0 saturated carbocycles. The van der Waals surface area contributed by atoms with Gasteiger partial charge < -0.3 is 24.5 Å². The maximum absolute atomic E-state index is 13.3. The standard InChI is InChI=1S/C27H24N2O6/c1-16(27(32)29-20-12-10-19(11-13-20)28-17(2)30)34-26-24(31)22-6-4-5-7-23(22)35-25(26)18-8-14-21(33-3)15-9-18/h4-16H,1-3H3,(H,28,30)(H,29,32). The highest BCUT2D eigenvalue weighted by Gasteiger charge is 2.23. The van der Waals surface area contributed by atoms with Crippen molar-refractivity contribution in [3.63, 3.8) is 0 Å². The molecule has 8 nitrogen and oxygen atoms in total. The lowest BCUT2D eigenvalue weighted by molar-refractivity contribution is -0.122. The van der Waals surface area contributed by atoms with Crippen molar-refractivity contribution in [2.24, 2.45) is 0 Å². The summed E-state index contributed by atoms with van der Waals surface area (Å²) in [4.78, 5) is 37.3. The van der Waals surface area contributed by atoms with Crippen LogP contribution in [0.25, 0.3) is 22.3 Å². The van der Waals surface area contributed by atoms with Crippen LogP contribution in [0.4, 0.5) is 11.4 Å². The van der Waals surface area contributed by atoms with E-state index in [1.165, 1.54) is 6.92 Å². The second-order valence-corrected chi connectivity index (χ2v) is 7.82. The lowest BCUT2D eigenvalue weighted by Crippen LogP contribution is -2.31. The summed E-state index contributed by atoms with van der Waals surface area (Å²) >= 11 is 0. The molecule has 0 aliphatic heterocycles. The van der Waals surface area contributed by atoms with E-state index < -0.39 is 12.0 Å². The third-order valence-electron chi connectivity index (χ3n) is 5.25. The van der Waals surface area contributed by atoms with Gasteiger partial charge in [-0.1, -0.05) is 12.1 Å². The Balaban J connectivity index is 1.62. The lowest BCUT2D eigenvalue weighted by atomic mass is 10.1. The molecule has 1 heterocycles. The number of amides is 2. The third kappa shape index (κ3) is 5.33. The average Bonchev–Trinajstić information content (AvgIpc) is 2.86. The van der Waals surface area contributed by atoms with E-state index in [9.17, 15) is 14.4 Å². The maximum Gasteiger partial charge on any atom is 0.265 e. The number of rotatable bonds is 7. The highest BCUT2D eigenvalue weighted by molar-refractivity contribution is 5.95. The minimum Gasteiger partial charge on any atom is -0.497 e. The highest BCUT2D eigenvalue weighted by atomic mass is 16.5. The van der Waals surface area contributed by atoms with Gasteiger partial charge in [-0.2, -0.15) is 0 Å². The van der Waals surface area contributed by atoms with E-state index in [1.54, 1.807) is 86.8 Å². The number of hydrogen-bond acceptors (Lipinski definition) is 6. The molecular weight excluding hydrogens is 448 g/mol. The van der Waals surface area contributed by atoms with Gasteiger partial charge in [0.15, 0.2) is 11.9 Å². The fourth-order valence-electron chi connectivity index (χ4n) is 3.48. The molecule has 0 spiro atoms. The summed E-state index contributed by atoms with van der Waals surface area (Å²) in [5, 5.41) is 5.76. The van der Waals surface area contributed by atoms with E-state index in [4.69, 9.17) is 13.9 Å². The Morgan fingerprint density at radius 2 is 1.51 bits per heavy atom. The molecule has 0 aliphatic rings. The van der Waals surface area contributed by atoms with Crippen LogP contribution in [0.3, 0.4) is 0 Å². The van der Waals surface area contributed by atoms with E-state index in [0.29, 0.717) is 33.7 Å². The van der Waals surface area contributed by atoms with Gasteiger partial charge in [0.2, 0.25) is 17.1 Å². The van der Waals surface area contributed by atoms with Gasteiger partial charge in [-0.05, 0) is 67.6 Å². The summed E-state index contributed by atoms with van der Waals surface area (Å²) in [6.45, 7) is 2.96. The normalized spacial score (nSPS) is 11.5. The summed E-state index contributed by atoms with van der Waals surface area (Å²) in [6.07, 6.45) is -1.01. The van der Waals surface area contributed by atoms with Crippen LogP contribution in [0.2, 0.25) is 0 Å². The Bertz CT molecular complexity index is 1430. The van der Waals surface area contributed by atoms with Gasteiger partial charge >= 0.3 is 0 Å². The number of anilines is 2. The number of hydrogen-bond donors (Lipinski definition) is 2. The van der Waals surface area contributed by atoms with Gasteiger partial charge in [0.1, 0.15) is 11.3 Å². The molecular formula is C27H24N2O6. The van der Waals surface area contributed by atoms with E-state index in [0.717, 1.165) is 0 Å². The molecule has 35 heavy (non-hydrogen) atoms. The summed E-state index contributed by atoms with van der Waals surface area (Å²) in [5.74, 6) is 0.168. The molecule has 1 aromatic heterocycles. The van der Waals surface area contributed by atoms with Crippen LogP contribution in [0.1, 0.15) is 13.8 Å². The molecule has 8 heteroatoms. The molecule has 178 valence electrons. The summed E-state index contributed by atoms with van der Waals surface area (Å²) < 4.78 is 17.2. The molecule has 0 bridgehead atoms. The monoisotopic (exact) mass is 472 g/mol. The third-order valence-corrected chi connectivity index (χ3v) is 5.25. The van der Waals surface area contributed by atoms with Gasteiger partial charge in [0.25, 0.3) is 5.91 Å². The number of ether oxygens (including phenoxy) is 2. The maximum atomic E-state index is 13.3. The van der Waals surface area contributed by atoms with E-state index in [-0.39, 0.29) is 22.8 Å². The van der Waals surface area contributed by atoms with Crippen molar-refractivity contribution < 1.29 is 23.5 Å². The van der Waals surface area contributed by atoms with Crippen molar-refractivity contribution in [1.82, 2.24) is 0 Å². The number of nitrogens with one attached hydrogen (secondary N) is 2. The van der Waals surface area contributed by atoms with Gasteiger partial charge in [-0.15, -0.1) is 0 Å². The van der Waals surface area contributed by atoms with E-state index in [2.05, 4.69) is 10.6 Å². The first-order chi connectivity index (χ1) is 16.9. The lowest BCUT2D eigenvalue weighted by Gasteiger charge is -2.17. The number of methoxy groups -OCH3 is 1. The smallest absolute Gasteiger partial charge is 0.265 e. The molecule has 2 N–H and O–H groups in total. The fraction of sp³-hybridized carbons (Fsp3) is 0.148. The SMILES string of the molecule is COc1ccc(-c2oc3ccccc3c(=O)c2OC(C)C(=O)Nc2ccc(NC(C)=O)cc2)cc1. The Morgan fingerprint density at radius 3 is 2.14 bits per heavy atom. The second kappa shape index (κ2) is 10.1. The van der Waals surface area contributed by atoms with Crippen LogP contribution in [0, 0.1) is 0 Å². The predicted molar refractivity (Wildman–Crippen MR) is 134 cm³/mol. The van der Waals surface area contributed by atoms with Crippen LogP contribution in [0.5, 0.6) is 11.5 Å². The minimum absolute atomic E-state index is 0.0578. The molecule has 0 aliphatic carbocycles. The van der Waals surface area contributed by atoms with E-state index in [1.807, 2.05) is 0 Å². The zero-order chi connectivity index (χ0) is 24.9. The Hall–Kier alpha value is -4.59. The number of carbonyl (C=O) groups is 2. The number of para-hydroxylation sites is 1. The Labute approximate surface area is 201 Å². The first-order valence-electron chi connectivity index (χ1n) is 10.9. The van der Waals surface area contributed by atoms with Gasteiger partial charge in [0, 0.05) is 23.9 Å². The van der Waals surface area contributed by atoms with Crippen molar-refractivity contribution >= 4 is 34.2 Å². The minimum atomic E-state index is -1.01. The Morgan fingerprint density at radius 1 is 0.886 bits per heavy atom. The largest absolute Gasteiger partial charge is 0.497 e. The number of carbonyl (C=O) groups excluding carboxylic acids is 2. The molecule has 2 amide bonds. The van der Waals surface area contributed by atoms with Gasteiger partial charge in [-0.3, -0.25) is 14.4 Å². The highest BCUT2D eigenvalue weighted by Crippen LogP contribution is 2.32. The molecule has 4 aromatic rings. The van der Waals surface area contributed by atoms with Crippen LogP contribution in [-0.4, -0.2) is 25.0 Å². The van der Waals surface area contributed by atoms with Crippen molar-refractivity contribution in [1.29, 1.82) is 0 Å². The molecule has 0 saturated heterocycles. The Kier molecular flexibility index (Phi) is 6.82. The second-order valence-electron chi connectivity index (χ2n) is 7.82. The summed E-state index contributed by atoms with van der Waals surface area (Å²) in [5.41, 5.74) is 1.76. The van der Waals surface area contributed by atoms with Crippen molar-refractivity contribution in [3.8, 4) is 22.8 Å². The molecule has 1 atom stereocenters. The van der Waals surface area contributed by atoms with Crippen molar-refractivity contribution in [2.75, 3.05) is 17.7 Å². The predicted octanol–water partition coefficient (Wildman–Crippen LogP) is 4.83. The number of benzene rings is 3. The molecule has 3 aromatic carbocycles. The zero-order valence-electron chi connectivity index (χ0n) is 19.5. The van der Waals surface area contributed by atoms with Crippen molar-refractivity contribution in [2.45, 2.75) is 20.0 Å². The van der Waals surface area contributed by atoms with Crippen LogP contribution >= 0.6 is 0 Å². The summed E-state index contributed by atoms with van der Waals surface area (Å²) in [6, 6.07) is 20.5. The average molecular weight is 472 g/mol. The van der Waals surface area contributed by atoms with Gasteiger partial charge in [-0.25, -0.2) is 0 Å². The quantitative estimate of drug-likeness (QED) is 0.399. The molecule has 1 unspecified atom stereocenters. The first kappa shape index (κ1) is 23.6. The molecule has 0 radical (unpaired) electrons. The van der Waals surface area contributed by atoms with Gasteiger partial charge in [0.05, 0.1) is 12.5 Å². The van der Waals surface area contributed by atoms with Crippen molar-refractivity contribution in [3.05, 3.63) is 83.0 Å². The first-order valence-corrected chi connectivity index (χ1v) is 10.9. The molecule has 0 fully saturated rings. The fourth-order valence-corrected chi connectivity index (χ4v) is 3.48. The van der Waals surface area contributed by atoms with Crippen LogP contribution in [0.15, 0.2) is 82.0 Å².